The molecule has 1 aliphatic rings. The summed E-state index contributed by atoms with van der Waals surface area (Å²) in [5.41, 5.74) is 5.92. The number of aryl methyl sites for hydroxylation is 3. The number of rotatable bonds is 9. The van der Waals surface area contributed by atoms with Gasteiger partial charge in [-0.2, -0.15) is 0 Å². The van der Waals surface area contributed by atoms with Crippen LogP contribution in [0.2, 0.25) is 0 Å². The van der Waals surface area contributed by atoms with Gasteiger partial charge in [-0.15, -0.1) is 0 Å². The lowest BCUT2D eigenvalue weighted by molar-refractivity contribution is -0.124. The molecule has 0 saturated carbocycles. The number of carbonyl (C=O) groups excluding carboxylic acids is 1. The summed E-state index contributed by atoms with van der Waals surface area (Å²) in [7, 11) is 2.21. The number of nitrogens with zero attached hydrogens (tertiary/aromatic N) is 3. The second kappa shape index (κ2) is 11.3. The van der Waals surface area contributed by atoms with Gasteiger partial charge in [0.05, 0.1) is 11.0 Å². The monoisotopic (exact) mass is 446 g/mol. The summed E-state index contributed by atoms with van der Waals surface area (Å²) in [4.78, 5) is 18.7. The first kappa shape index (κ1) is 23.2. The summed E-state index contributed by atoms with van der Waals surface area (Å²) < 4.78 is 2.39. The summed E-state index contributed by atoms with van der Waals surface area (Å²) in [5.74, 6) is 1.41. The molecule has 1 aliphatic heterocycles. The maximum atomic E-state index is 11.3. The normalized spacial score (nSPS) is 15.5. The molecule has 3 aromatic rings. The number of carbonyl (C=O) groups is 1. The summed E-state index contributed by atoms with van der Waals surface area (Å²) in [6.45, 7) is 3.41. The van der Waals surface area contributed by atoms with Crippen molar-refractivity contribution in [1.82, 2.24) is 19.9 Å². The Labute approximate surface area is 195 Å². The molecule has 33 heavy (non-hydrogen) atoms. The van der Waals surface area contributed by atoms with Crippen molar-refractivity contribution in [2.24, 2.45) is 5.92 Å². The van der Waals surface area contributed by atoms with Gasteiger partial charge in [0.2, 0.25) is 0 Å². The average molecular weight is 447 g/mol. The summed E-state index contributed by atoms with van der Waals surface area (Å²) in [6.07, 6.45) is 9.90. The molecule has 6 heteroatoms. The highest BCUT2D eigenvalue weighted by molar-refractivity contribution is 5.91. The molecule has 1 saturated heterocycles. The van der Waals surface area contributed by atoms with Crippen LogP contribution < -0.4 is 5.48 Å². The van der Waals surface area contributed by atoms with E-state index in [2.05, 4.69) is 46.8 Å². The molecule has 0 radical (unpaired) electrons. The van der Waals surface area contributed by atoms with Gasteiger partial charge in [-0.3, -0.25) is 10.0 Å². The van der Waals surface area contributed by atoms with Crippen molar-refractivity contribution in [3.8, 4) is 0 Å². The van der Waals surface area contributed by atoms with Crippen LogP contribution in [-0.4, -0.2) is 45.7 Å². The topological polar surface area (TPSA) is 70.4 Å². The van der Waals surface area contributed by atoms with Gasteiger partial charge in [0.15, 0.2) is 0 Å². The maximum absolute atomic E-state index is 11.3. The van der Waals surface area contributed by atoms with Crippen molar-refractivity contribution >= 4 is 23.0 Å². The number of hydrogen-bond acceptors (Lipinski definition) is 4. The van der Waals surface area contributed by atoms with Crippen LogP contribution in [0.4, 0.5) is 0 Å². The Morgan fingerprint density at radius 3 is 2.70 bits per heavy atom. The number of likely N-dealkylation sites (tertiary alicyclic amines) is 1. The zero-order chi connectivity index (χ0) is 23.0. The molecule has 2 aromatic carbocycles. The van der Waals surface area contributed by atoms with Gasteiger partial charge in [-0.05, 0) is 87.5 Å². The Hall–Kier alpha value is -2.96. The van der Waals surface area contributed by atoms with E-state index >= 15 is 0 Å². The highest BCUT2D eigenvalue weighted by Crippen LogP contribution is 2.24. The van der Waals surface area contributed by atoms with Gasteiger partial charge in [-0.1, -0.05) is 36.4 Å². The molecule has 0 bridgehead atoms. The van der Waals surface area contributed by atoms with Crippen molar-refractivity contribution in [3.63, 3.8) is 0 Å². The number of hydrogen-bond donors (Lipinski definition) is 2. The number of amides is 1. The maximum Gasteiger partial charge on any atom is 0.267 e. The SMILES string of the molecule is CN1CCC(CCCn2c(CCc3ccccc3)nc3cc(/C=C/C(=O)NO)ccc32)CC1. The molecule has 2 heterocycles. The lowest BCUT2D eigenvalue weighted by atomic mass is 9.92. The molecular weight excluding hydrogens is 412 g/mol. The molecule has 0 atom stereocenters. The molecule has 6 nitrogen and oxygen atoms in total. The van der Waals surface area contributed by atoms with Gasteiger partial charge in [-0.25, -0.2) is 10.5 Å². The highest BCUT2D eigenvalue weighted by Gasteiger charge is 2.17. The Bertz CT molecular complexity index is 1080. The molecule has 1 aromatic heterocycles. The fourth-order valence-electron chi connectivity index (χ4n) is 4.74. The van der Waals surface area contributed by atoms with Crippen LogP contribution in [-0.2, 0) is 24.2 Å². The molecule has 0 aliphatic carbocycles. The third kappa shape index (κ3) is 6.30. The number of nitrogens with one attached hydrogen (secondary N) is 1. The van der Waals surface area contributed by atoms with E-state index in [4.69, 9.17) is 10.2 Å². The summed E-state index contributed by atoms with van der Waals surface area (Å²) >= 11 is 0. The molecule has 4 rings (SSSR count). The number of hydroxylamine groups is 1. The van der Waals surface area contributed by atoms with E-state index in [-0.39, 0.29) is 0 Å². The predicted molar refractivity (Wildman–Crippen MR) is 132 cm³/mol. The van der Waals surface area contributed by atoms with Gasteiger partial charge in [0, 0.05) is 19.0 Å². The molecule has 0 spiro atoms. The number of aromatic nitrogens is 2. The Kier molecular flexibility index (Phi) is 7.92. The Morgan fingerprint density at radius 1 is 1.15 bits per heavy atom. The van der Waals surface area contributed by atoms with E-state index in [9.17, 15) is 4.79 Å². The molecule has 0 unspecified atom stereocenters. The first-order chi connectivity index (χ1) is 16.1. The van der Waals surface area contributed by atoms with Crippen molar-refractivity contribution in [3.05, 3.63) is 71.6 Å². The number of piperidine rings is 1. The second-order valence-electron chi connectivity index (χ2n) is 9.11. The number of imidazole rings is 1. The van der Waals surface area contributed by atoms with E-state index < -0.39 is 5.91 Å². The van der Waals surface area contributed by atoms with Crippen molar-refractivity contribution in [2.45, 2.75) is 45.1 Å². The van der Waals surface area contributed by atoms with Crippen molar-refractivity contribution in [2.75, 3.05) is 20.1 Å². The third-order valence-corrected chi connectivity index (χ3v) is 6.70. The summed E-state index contributed by atoms with van der Waals surface area (Å²) in [6, 6.07) is 16.7. The molecule has 1 amide bonds. The van der Waals surface area contributed by atoms with Crippen LogP contribution >= 0.6 is 0 Å². The first-order valence-corrected chi connectivity index (χ1v) is 12.0. The zero-order valence-electron chi connectivity index (χ0n) is 19.4. The largest absolute Gasteiger partial charge is 0.328 e. The fraction of sp³-hybridized carbons (Fsp3) is 0.407. The molecule has 174 valence electrons. The van der Waals surface area contributed by atoms with E-state index in [0.717, 1.165) is 54.1 Å². The smallest absolute Gasteiger partial charge is 0.267 e. The fourth-order valence-corrected chi connectivity index (χ4v) is 4.74. The van der Waals surface area contributed by atoms with Gasteiger partial charge < -0.3 is 9.47 Å². The van der Waals surface area contributed by atoms with Gasteiger partial charge in [0.25, 0.3) is 5.91 Å². The van der Waals surface area contributed by atoms with Crippen LogP contribution in [0, 0.1) is 5.92 Å². The minimum atomic E-state index is -0.543. The van der Waals surface area contributed by atoms with Gasteiger partial charge in [0.1, 0.15) is 5.82 Å². The highest BCUT2D eigenvalue weighted by atomic mass is 16.5. The van der Waals surface area contributed by atoms with Gasteiger partial charge >= 0.3 is 0 Å². The lowest BCUT2D eigenvalue weighted by Crippen LogP contribution is -2.30. The zero-order valence-corrected chi connectivity index (χ0v) is 19.4. The predicted octanol–water partition coefficient (Wildman–Crippen LogP) is 4.46. The van der Waals surface area contributed by atoms with Crippen molar-refractivity contribution in [1.29, 1.82) is 0 Å². The van der Waals surface area contributed by atoms with E-state index in [1.54, 1.807) is 11.6 Å². The molecule has 1 fully saturated rings. The van der Waals surface area contributed by atoms with Crippen LogP contribution in [0.1, 0.15) is 42.6 Å². The average Bonchev–Trinajstić information content (AvgIpc) is 3.19. The second-order valence-corrected chi connectivity index (χ2v) is 9.11. The van der Waals surface area contributed by atoms with Crippen LogP contribution in [0.3, 0.4) is 0 Å². The first-order valence-electron chi connectivity index (χ1n) is 12.0. The quantitative estimate of drug-likeness (QED) is 0.289. The number of benzene rings is 2. The number of fused-ring (bicyclic) bond motifs is 1. The molecule has 2 N–H and O–H groups in total. The van der Waals surface area contributed by atoms with Crippen molar-refractivity contribution < 1.29 is 10.0 Å². The lowest BCUT2D eigenvalue weighted by Gasteiger charge is -2.29. The van der Waals surface area contributed by atoms with Crippen LogP contribution in [0.15, 0.2) is 54.6 Å². The molecular formula is C27H34N4O2. The van der Waals surface area contributed by atoms with E-state index in [1.807, 2.05) is 18.2 Å². The Balaban J connectivity index is 1.51. The standard InChI is InChI=1S/C27H34N4O2/c1-30-18-15-22(16-19-30)8-5-17-31-25-12-9-23(11-14-27(32)29-33)20-24(25)28-26(31)13-10-21-6-3-2-4-7-21/h2-4,6-7,9,11-12,14,20,22,33H,5,8,10,13,15-19H2,1H3,(H,29,32)/b14-11+. The minimum Gasteiger partial charge on any atom is -0.328 e. The third-order valence-electron chi connectivity index (χ3n) is 6.70. The van der Waals surface area contributed by atoms with E-state index in [1.165, 1.54) is 44.0 Å². The minimum absolute atomic E-state index is 0.543. The summed E-state index contributed by atoms with van der Waals surface area (Å²) in [5, 5.41) is 8.70. The van der Waals surface area contributed by atoms with Crippen LogP contribution in [0.5, 0.6) is 0 Å². The van der Waals surface area contributed by atoms with Crippen LogP contribution in [0.25, 0.3) is 17.1 Å². The Morgan fingerprint density at radius 2 is 1.94 bits per heavy atom. The van der Waals surface area contributed by atoms with E-state index in [0.29, 0.717) is 0 Å².